The average Bonchev–Trinajstić information content (AvgIpc) is 3.01. The van der Waals surface area contributed by atoms with E-state index in [2.05, 4.69) is 43.4 Å². The maximum atomic E-state index is 5.63. The molecule has 0 amide bonds. The van der Waals surface area contributed by atoms with Crippen LogP contribution in [0.25, 0.3) is 0 Å². The van der Waals surface area contributed by atoms with Gasteiger partial charge < -0.3 is 14.8 Å². The minimum absolute atomic E-state index is 0.436. The number of tetrazole rings is 1. The molecule has 1 aromatic heterocycles. The van der Waals surface area contributed by atoms with Gasteiger partial charge in [-0.3, -0.25) is 0 Å². The lowest BCUT2D eigenvalue weighted by atomic mass is 10.2. The summed E-state index contributed by atoms with van der Waals surface area (Å²) in [6, 6.07) is 4.02. The molecule has 136 valence electrons. The van der Waals surface area contributed by atoms with Gasteiger partial charge in [0.05, 0.1) is 11.6 Å². The predicted octanol–water partition coefficient (Wildman–Crippen LogP) is 2.82. The molecule has 1 N–H and O–H groups in total. The number of nitrogens with zero attached hydrogens (tertiary/aromatic N) is 4. The monoisotopic (exact) mass is 427 g/mol. The first-order valence-corrected chi connectivity index (χ1v) is 9.59. The van der Waals surface area contributed by atoms with Crippen molar-refractivity contribution in [3.05, 3.63) is 34.8 Å². The van der Waals surface area contributed by atoms with Crippen LogP contribution in [0.3, 0.4) is 0 Å². The molecule has 0 saturated heterocycles. The summed E-state index contributed by atoms with van der Waals surface area (Å²) in [5, 5.41) is 15.6. The molecule has 0 atom stereocenters. The minimum Gasteiger partial charge on any atom is -0.493 e. The molecule has 0 aliphatic carbocycles. The molecule has 2 rings (SSSR count). The Kier molecular flexibility index (Phi) is 8.23. The lowest BCUT2D eigenvalue weighted by Crippen LogP contribution is -2.15. The maximum absolute atomic E-state index is 5.63. The molecule has 1 heterocycles. The van der Waals surface area contributed by atoms with Gasteiger partial charge in [-0.05, 0) is 57.0 Å². The van der Waals surface area contributed by atoms with Crippen LogP contribution in [0.15, 0.2) is 34.4 Å². The molecular formula is C16H22BrN5O2S. The summed E-state index contributed by atoms with van der Waals surface area (Å²) >= 11 is 5.19. The van der Waals surface area contributed by atoms with Gasteiger partial charge in [0, 0.05) is 19.3 Å². The van der Waals surface area contributed by atoms with Crippen molar-refractivity contribution in [2.75, 3.05) is 26.0 Å². The van der Waals surface area contributed by atoms with Crippen molar-refractivity contribution in [2.24, 2.45) is 7.05 Å². The first-order valence-electron chi connectivity index (χ1n) is 7.81. The Morgan fingerprint density at radius 1 is 1.44 bits per heavy atom. The number of benzene rings is 1. The van der Waals surface area contributed by atoms with Crippen LogP contribution in [0, 0.1) is 0 Å². The van der Waals surface area contributed by atoms with E-state index in [1.54, 1.807) is 29.6 Å². The number of aryl methyl sites for hydroxylation is 1. The van der Waals surface area contributed by atoms with Crippen LogP contribution in [0.1, 0.15) is 12.0 Å². The second-order valence-corrected chi connectivity index (χ2v) is 7.09. The van der Waals surface area contributed by atoms with Crippen molar-refractivity contribution in [2.45, 2.75) is 18.1 Å². The maximum Gasteiger partial charge on any atom is 0.209 e. The normalized spacial score (nSPS) is 10.7. The third kappa shape index (κ3) is 6.02. The van der Waals surface area contributed by atoms with Gasteiger partial charge in [-0.1, -0.05) is 24.4 Å². The molecule has 2 aromatic rings. The fourth-order valence-electron chi connectivity index (χ4n) is 2.09. The van der Waals surface area contributed by atoms with Crippen LogP contribution >= 0.6 is 27.7 Å². The van der Waals surface area contributed by atoms with E-state index < -0.39 is 0 Å². The van der Waals surface area contributed by atoms with Gasteiger partial charge in [-0.15, -0.1) is 5.10 Å². The highest BCUT2D eigenvalue weighted by atomic mass is 79.9. The molecule has 0 bridgehead atoms. The van der Waals surface area contributed by atoms with E-state index >= 15 is 0 Å². The molecule has 9 heteroatoms. The Bertz CT molecular complexity index is 695. The summed E-state index contributed by atoms with van der Waals surface area (Å²) in [6.45, 7) is 5.76. The van der Waals surface area contributed by atoms with Crippen LogP contribution in [0.4, 0.5) is 0 Å². The van der Waals surface area contributed by atoms with Gasteiger partial charge in [0.15, 0.2) is 11.5 Å². The zero-order chi connectivity index (χ0) is 18.1. The molecular weight excluding hydrogens is 406 g/mol. The number of thioether (sulfide) groups is 1. The first kappa shape index (κ1) is 19.7. The van der Waals surface area contributed by atoms with Crippen LogP contribution in [-0.4, -0.2) is 46.2 Å². The van der Waals surface area contributed by atoms with Gasteiger partial charge in [0.2, 0.25) is 5.16 Å². The quantitative estimate of drug-likeness (QED) is 0.335. The summed E-state index contributed by atoms with van der Waals surface area (Å²) in [4.78, 5) is 0. The minimum atomic E-state index is 0.436. The Labute approximate surface area is 160 Å². The van der Waals surface area contributed by atoms with Crippen LogP contribution in [0.2, 0.25) is 0 Å². The van der Waals surface area contributed by atoms with Gasteiger partial charge in [0.25, 0.3) is 0 Å². The number of halogens is 1. The number of rotatable bonds is 11. The number of hydrogen-bond acceptors (Lipinski definition) is 7. The fourth-order valence-corrected chi connectivity index (χ4v) is 3.49. The predicted molar refractivity (Wildman–Crippen MR) is 102 cm³/mol. The van der Waals surface area contributed by atoms with E-state index in [4.69, 9.17) is 9.47 Å². The zero-order valence-corrected chi connectivity index (χ0v) is 16.8. The highest BCUT2D eigenvalue weighted by molar-refractivity contribution is 9.10. The van der Waals surface area contributed by atoms with E-state index in [-0.39, 0.29) is 0 Å². The SMILES string of the molecule is C=CCOc1c(Br)cc(CNCCCSc2nnnn2C)cc1OC. The number of methoxy groups -OCH3 is 1. The Morgan fingerprint density at radius 3 is 2.96 bits per heavy atom. The highest BCUT2D eigenvalue weighted by Crippen LogP contribution is 2.36. The van der Waals surface area contributed by atoms with E-state index in [0.29, 0.717) is 18.1 Å². The summed E-state index contributed by atoms with van der Waals surface area (Å²) in [5.41, 5.74) is 1.12. The van der Waals surface area contributed by atoms with Crippen molar-refractivity contribution in [1.29, 1.82) is 0 Å². The Hall–Kier alpha value is -1.58. The largest absolute Gasteiger partial charge is 0.493 e. The third-order valence-electron chi connectivity index (χ3n) is 3.27. The van der Waals surface area contributed by atoms with Gasteiger partial charge >= 0.3 is 0 Å². The average molecular weight is 428 g/mol. The summed E-state index contributed by atoms with van der Waals surface area (Å²) in [7, 11) is 3.48. The van der Waals surface area contributed by atoms with Gasteiger partial charge in [-0.25, -0.2) is 4.68 Å². The molecule has 0 aliphatic rings. The van der Waals surface area contributed by atoms with Crippen LogP contribution in [-0.2, 0) is 13.6 Å². The van der Waals surface area contributed by atoms with E-state index in [1.807, 2.05) is 19.2 Å². The summed E-state index contributed by atoms with van der Waals surface area (Å²) in [5.74, 6) is 2.36. The number of hydrogen-bond donors (Lipinski definition) is 1. The van der Waals surface area contributed by atoms with E-state index in [0.717, 1.165) is 40.5 Å². The fraction of sp³-hybridized carbons (Fsp3) is 0.438. The Balaban J connectivity index is 1.77. The smallest absolute Gasteiger partial charge is 0.209 e. The number of aromatic nitrogens is 4. The van der Waals surface area contributed by atoms with E-state index in [9.17, 15) is 0 Å². The number of nitrogens with one attached hydrogen (secondary N) is 1. The molecule has 0 radical (unpaired) electrons. The molecule has 0 spiro atoms. The lowest BCUT2D eigenvalue weighted by Gasteiger charge is -2.14. The van der Waals surface area contributed by atoms with Gasteiger partial charge in [0.1, 0.15) is 6.61 Å². The molecule has 1 aromatic carbocycles. The summed E-state index contributed by atoms with van der Waals surface area (Å²) in [6.07, 6.45) is 2.73. The summed E-state index contributed by atoms with van der Waals surface area (Å²) < 4.78 is 13.6. The van der Waals surface area contributed by atoms with Crippen LogP contribution in [0.5, 0.6) is 11.5 Å². The van der Waals surface area contributed by atoms with Crippen molar-refractivity contribution in [3.8, 4) is 11.5 Å². The second-order valence-electron chi connectivity index (χ2n) is 5.17. The highest BCUT2D eigenvalue weighted by Gasteiger charge is 2.11. The Morgan fingerprint density at radius 2 is 2.28 bits per heavy atom. The molecule has 0 fully saturated rings. The van der Waals surface area contributed by atoms with Crippen molar-refractivity contribution >= 4 is 27.7 Å². The van der Waals surface area contributed by atoms with Crippen LogP contribution < -0.4 is 14.8 Å². The molecule has 0 saturated carbocycles. The topological polar surface area (TPSA) is 74.1 Å². The number of ether oxygens (including phenoxy) is 2. The molecule has 7 nitrogen and oxygen atoms in total. The van der Waals surface area contributed by atoms with Crippen molar-refractivity contribution in [1.82, 2.24) is 25.5 Å². The van der Waals surface area contributed by atoms with Gasteiger partial charge in [-0.2, -0.15) is 0 Å². The third-order valence-corrected chi connectivity index (χ3v) is 4.96. The van der Waals surface area contributed by atoms with Crippen molar-refractivity contribution < 1.29 is 9.47 Å². The van der Waals surface area contributed by atoms with Crippen molar-refractivity contribution in [3.63, 3.8) is 0 Å². The lowest BCUT2D eigenvalue weighted by molar-refractivity contribution is 0.324. The molecule has 0 aliphatic heterocycles. The molecule has 25 heavy (non-hydrogen) atoms. The first-order chi connectivity index (χ1) is 12.2. The standard InChI is InChI=1S/C16H22BrN5O2S/c1-4-7-24-15-13(17)9-12(10-14(15)23-3)11-18-6-5-8-25-16-19-20-21-22(16)2/h4,9-10,18H,1,5-8,11H2,2-3H3. The zero-order valence-electron chi connectivity index (χ0n) is 14.4. The second kappa shape index (κ2) is 10.4. The molecule has 0 unspecified atom stereocenters. The van der Waals surface area contributed by atoms with E-state index in [1.165, 1.54) is 0 Å².